The van der Waals surface area contributed by atoms with Crippen molar-refractivity contribution in [2.75, 3.05) is 44.8 Å². The molecular formula is C25H36N4O3S. The van der Waals surface area contributed by atoms with Gasteiger partial charge in [-0.15, -0.1) is 0 Å². The Kier molecular flexibility index (Phi) is 8.24. The molecule has 0 fully saturated rings. The van der Waals surface area contributed by atoms with Crippen molar-refractivity contribution in [3.05, 3.63) is 36.5 Å². The summed E-state index contributed by atoms with van der Waals surface area (Å²) in [6.07, 6.45) is 15.7. The summed E-state index contributed by atoms with van der Waals surface area (Å²) in [6.45, 7) is 6.02. The molecule has 0 aliphatic rings. The van der Waals surface area contributed by atoms with Crippen molar-refractivity contribution in [3.8, 4) is 23.0 Å². The van der Waals surface area contributed by atoms with Crippen molar-refractivity contribution in [3.63, 3.8) is 0 Å². The lowest BCUT2D eigenvalue weighted by Gasteiger charge is -2.24. The Bertz CT molecular complexity index is 1130. The van der Waals surface area contributed by atoms with Gasteiger partial charge < -0.3 is 19.1 Å². The zero-order valence-electron chi connectivity index (χ0n) is 20.6. The number of rotatable bonds is 10. The molecule has 0 atom stereocenters. The summed E-state index contributed by atoms with van der Waals surface area (Å²) < 4.78 is 15.1. The lowest BCUT2D eigenvalue weighted by atomic mass is 10.1. The molecule has 0 unspecified atom stereocenters. The van der Waals surface area contributed by atoms with E-state index in [2.05, 4.69) is 51.5 Å². The molecule has 3 rings (SSSR count). The highest BCUT2D eigenvalue weighted by molar-refractivity contribution is 8.32. The molecule has 0 spiro atoms. The number of aryl methyl sites for hydroxylation is 1. The Morgan fingerprint density at radius 3 is 2.64 bits per heavy atom. The normalized spacial score (nSPS) is 12.7. The maximum Gasteiger partial charge on any atom is 0.139 e. The second-order valence-electron chi connectivity index (χ2n) is 9.58. The second kappa shape index (κ2) is 10.7. The van der Waals surface area contributed by atoms with Gasteiger partial charge in [0.25, 0.3) is 0 Å². The van der Waals surface area contributed by atoms with Crippen LogP contribution in [0.3, 0.4) is 0 Å². The zero-order valence-corrected chi connectivity index (χ0v) is 21.4. The molecule has 8 heteroatoms. The van der Waals surface area contributed by atoms with Gasteiger partial charge in [0.15, 0.2) is 0 Å². The van der Waals surface area contributed by atoms with E-state index in [0.717, 1.165) is 47.4 Å². The van der Waals surface area contributed by atoms with E-state index in [1.807, 2.05) is 29.3 Å². The van der Waals surface area contributed by atoms with Crippen molar-refractivity contribution in [2.24, 2.45) is 0 Å². The molecule has 0 saturated carbocycles. The van der Waals surface area contributed by atoms with Gasteiger partial charge in [-0.25, -0.2) is 19.7 Å². The predicted octanol–water partition coefficient (Wildman–Crippen LogP) is 3.73. The van der Waals surface area contributed by atoms with Crippen LogP contribution < -0.4 is 0 Å². The Balaban J connectivity index is 1.88. The van der Waals surface area contributed by atoms with E-state index >= 15 is 0 Å². The molecule has 33 heavy (non-hydrogen) atoms. The van der Waals surface area contributed by atoms with E-state index in [1.165, 1.54) is 0 Å². The van der Waals surface area contributed by atoms with E-state index in [-0.39, 0.29) is 0 Å². The molecular weight excluding hydrogens is 436 g/mol. The number of methoxy groups -OCH3 is 1. The molecule has 0 aromatic carbocycles. The van der Waals surface area contributed by atoms with Crippen LogP contribution in [0.15, 0.2) is 30.9 Å². The topological polar surface area (TPSA) is 74.3 Å². The minimum atomic E-state index is -1.07. The molecule has 0 aliphatic carbocycles. The van der Waals surface area contributed by atoms with Crippen LogP contribution in [0.2, 0.25) is 0 Å². The molecule has 7 nitrogen and oxygen atoms in total. The van der Waals surface area contributed by atoms with Crippen molar-refractivity contribution < 1.29 is 14.6 Å². The van der Waals surface area contributed by atoms with Crippen LogP contribution in [0.1, 0.15) is 26.0 Å². The second-order valence-corrected chi connectivity index (χ2v) is 14.2. The first-order chi connectivity index (χ1) is 15.6. The van der Waals surface area contributed by atoms with Crippen LogP contribution in [0.5, 0.6) is 0 Å². The Morgan fingerprint density at radius 1 is 1.15 bits per heavy atom. The fourth-order valence-corrected chi connectivity index (χ4v) is 3.93. The smallest absolute Gasteiger partial charge is 0.139 e. The number of pyridine rings is 1. The molecule has 0 radical (unpaired) electrons. The largest absolute Gasteiger partial charge is 0.385 e. The van der Waals surface area contributed by atoms with Gasteiger partial charge in [0, 0.05) is 54.9 Å². The van der Waals surface area contributed by atoms with Crippen LogP contribution in [0.25, 0.3) is 22.0 Å². The number of ether oxygens (including phenoxy) is 2. The molecule has 0 bridgehead atoms. The summed E-state index contributed by atoms with van der Waals surface area (Å²) in [6, 6.07) is 1.98. The highest BCUT2D eigenvalue weighted by Gasteiger charge is 2.14. The third kappa shape index (κ3) is 7.61. The molecule has 1 N–H and O–H groups in total. The maximum atomic E-state index is 9.95. The molecule has 180 valence electrons. The van der Waals surface area contributed by atoms with Crippen molar-refractivity contribution in [1.82, 2.24) is 19.3 Å². The van der Waals surface area contributed by atoms with Crippen LogP contribution in [-0.2, 0) is 22.7 Å². The van der Waals surface area contributed by atoms with E-state index in [9.17, 15) is 5.11 Å². The molecule has 3 aromatic heterocycles. The zero-order chi connectivity index (χ0) is 24.1. The van der Waals surface area contributed by atoms with E-state index < -0.39 is 15.6 Å². The number of aromatic nitrogens is 4. The summed E-state index contributed by atoms with van der Waals surface area (Å²) in [7, 11) is 1.15. The minimum Gasteiger partial charge on any atom is -0.385 e. The maximum absolute atomic E-state index is 9.95. The van der Waals surface area contributed by atoms with Gasteiger partial charge >= 0.3 is 0 Å². The lowest BCUT2D eigenvalue weighted by Crippen LogP contribution is -2.14. The number of fused-ring (bicyclic) bond motifs is 1. The summed E-state index contributed by atoms with van der Waals surface area (Å²) in [5, 5.41) is 15.5. The Morgan fingerprint density at radius 2 is 1.94 bits per heavy atom. The number of hydrogen-bond donors (Lipinski definition) is 1. The molecule has 0 saturated heterocycles. The van der Waals surface area contributed by atoms with Crippen molar-refractivity contribution in [1.29, 1.82) is 0 Å². The first-order valence-corrected chi connectivity index (χ1v) is 14.1. The number of nitrogens with zero attached hydrogens (tertiary/aromatic N) is 4. The standard InChI is InChI=1S/C25H36N4O3S/c1-25(2,30)9-8-21-14-22-23(18-28(10-7-11-31-3)24(22)16-26-21)20-15-27-29(17-20)19-32-12-13-33(4,5)6/h14-18,30H,7,10-13,19H2,1-6H3. The van der Waals surface area contributed by atoms with Crippen LogP contribution in [-0.4, -0.2) is 74.9 Å². The molecule has 0 amide bonds. The van der Waals surface area contributed by atoms with Gasteiger partial charge in [-0.05, 0) is 51.0 Å². The SMILES string of the molecule is COCCCn1cc(-c2cnn(COCCS(C)(C)C)c2)c2cc(C#CC(C)(C)O)ncc21. The summed E-state index contributed by atoms with van der Waals surface area (Å²) in [5.74, 6) is 6.91. The minimum absolute atomic E-state index is 0.436. The first-order valence-electron chi connectivity index (χ1n) is 11.1. The Hall–Kier alpha value is -2.31. The summed E-state index contributed by atoms with van der Waals surface area (Å²) in [5.41, 5.74) is 2.68. The third-order valence-electron chi connectivity index (χ3n) is 5.02. The van der Waals surface area contributed by atoms with Crippen molar-refractivity contribution in [2.45, 2.75) is 39.1 Å². The molecule has 3 heterocycles. The van der Waals surface area contributed by atoms with Gasteiger partial charge in [-0.1, -0.05) is 5.92 Å². The van der Waals surface area contributed by atoms with Crippen LogP contribution >= 0.6 is 10.0 Å². The van der Waals surface area contributed by atoms with Crippen molar-refractivity contribution >= 4 is 20.9 Å². The average molecular weight is 473 g/mol. The summed E-state index contributed by atoms with van der Waals surface area (Å²) >= 11 is 0. The van der Waals surface area contributed by atoms with E-state index in [4.69, 9.17) is 9.47 Å². The molecule has 0 aliphatic heterocycles. The third-order valence-corrected chi connectivity index (χ3v) is 6.41. The van der Waals surface area contributed by atoms with Gasteiger partial charge in [-0.2, -0.15) is 5.10 Å². The quantitative estimate of drug-likeness (QED) is 0.360. The number of hydrogen-bond acceptors (Lipinski definition) is 5. The number of aliphatic hydroxyl groups is 1. The van der Waals surface area contributed by atoms with Gasteiger partial charge in [0.2, 0.25) is 0 Å². The van der Waals surface area contributed by atoms with E-state index in [1.54, 1.807) is 21.0 Å². The first kappa shape index (κ1) is 25.3. The van der Waals surface area contributed by atoms with Crippen LogP contribution in [0, 0.1) is 11.8 Å². The average Bonchev–Trinajstić information content (AvgIpc) is 3.33. The lowest BCUT2D eigenvalue weighted by molar-refractivity contribution is 0.0809. The summed E-state index contributed by atoms with van der Waals surface area (Å²) in [4.78, 5) is 4.51. The highest BCUT2D eigenvalue weighted by atomic mass is 32.3. The monoisotopic (exact) mass is 472 g/mol. The predicted molar refractivity (Wildman–Crippen MR) is 137 cm³/mol. The van der Waals surface area contributed by atoms with Gasteiger partial charge in [0.1, 0.15) is 18.0 Å². The highest BCUT2D eigenvalue weighted by Crippen LogP contribution is 2.34. The van der Waals surface area contributed by atoms with Gasteiger partial charge in [-0.3, -0.25) is 0 Å². The van der Waals surface area contributed by atoms with E-state index in [0.29, 0.717) is 19.0 Å². The fraction of sp³-hybridized carbons (Fsp3) is 0.520. The molecule has 3 aromatic rings. The fourth-order valence-electron chi connectivity index (χ4n) is 3.31. The Labute approximate surface area is 198 Å². The van der Waals surface area contributed by atoms with Crippen LogP contribution in [0.4, 0.5) is 0 Å². The van der Waals surface area contributed by atoms with Gasteiger partial charge in [0.05, 0.1) is 24.5 Å².